The number of amides is 3. The third-order valence-electron chi connectivity index (χ3n) is 5.80. The number of halogens is 3. The van der Waals surface area contributed by atoms with E-state index in [1.165, 1.54) is 23.4 Å². The normalized spacial score (nSPS) is 21.0. The van der Waals surface area contributed by atoms with Crippen LogP contribution in [0.15, 0.2) is 46.5 Å². The van der Waals surface area contributed by atoms with Crippen LogP contribution in [-0.2, 0) is 4.79 Å². The first-order valence-corrected chi connectivity index (χ1v) is 10.8. The number of carbonyl (C=O) groups excluding carboxylic acids is 2. The Hall–Kier alpha value is -4.10. The van der Waals surface area contributed by atoms with Crippen molar-refractivity contribution in [2.24, 2.45) is 0 Å². The van der Waals surface area contributed by atoms with E-state index in [0.717, 1.165) is 0 Å². The predicted molar refractivity (Wildman–Crippen MR) is 115 cm³/mol. The van der Waals surface area contributed by atoms with Crippen molar-refractivity contribution in [1.82, 2.24) is 35.4 Å². The molecule has 0 spiro atoms. The van der Waals surface area contributed by atoms with Crippen LogP contribution < -0.4 is 16.0 Å². The van der Waals surface area contributed by atoms with Gasteiger partial charge < -0.3 is 20.0 Å². The van der Waals surface area contributed by atoms with Crippen LogP contribution >= 0.6 is 0 Å². The lowest BCUT2D eigenvalue weighted by Crippen LogP contribution is -2.56. The molecular formula is C21H21F3N8O3. The number of hydrogen-bond donors (Lipinski definition) is 3. The number of allylic oxidation sites excluding steroid dienone is 1. The van der Waals surface area contributed by atoms with Crippen LogP contribution in [0, 0.1) is 6.92 Å². The standard InChI is InChI=1S/C21H21F3N8O3/c1-11-26-8-16(35-11)13-4-6-25-19(29-13)30-20(34)32-12-5-7-31(9-12)15-3-2-14(28-17(15)32)18(33)27-10-21(22,23)24/h2-4,6,8,12,14,28H,5,7,9-10H2,1H3,(H,27,33)(H,25,29,30,34). The number of nitrogens with one attached hydrogen (secondary N) is 3. The first-order valence-electron chi connectivity index (χ1n) is 10.8. The number of nitrogens with zero attached hydrogens (tertiary/aromatic N) is 5. The molecule has 3 aliphatic rings. The van der Waals surface area contributed by atoms with Crippen molar-refractivity contribution in [3.63, 3.8) is 0 Å². The Balaban J connectivity index is 1.35. The van der Waals surface area contributed by atoms with Crippen molar-refractivity contribution in [1.29, 1.82) is 0 Å². The zero-order chi connectivity index (χ0) is 24.7. The van der Waals surface area contributed by atoms with Crippen LogP contribution in [0.1, 0.15) is 12.3 Å². The molecule has 0 radical (unpaired) electrons. The van der Waals surface area contributed by atoms with Gasteiger partial charge in [0.1, 0.15) is 24.1 Å². The molecule has 2 bridgehead atoms. The lowest BCUT2D eigenvalue weighted by Gasteiger charge is -2.40. The van der Waals surface area contributed by atoms with Gasteiger partial charge in [-0.1, -0.05) is 6.08 Å². The van der Waals surface area contributed by atoms with Crippen LogP contribution in [0.3, 0.4) is 0 Å². The van der Waals surface area contributed by atoms with E-state index in [9.17, 15) is 22.8 Å². The van der Waals surface area contributed by atoms with Crippen molar-refractivity contribution in [3.8, 4) is 11.5 Å². The zero-order valence-electron chi connectivity index (χ0n) is 18.5. The fourth-order valence-electron chi connectivity index (χ4n) is 4.25. The lowest BCUT2D eigenvalue weighted by molar-refractivity contribution is -0.138. The smallest absolute Gasteiger partial charge is 0.405 e. The van der Waals surface area contributed by atoms with E-state index in [1.54, 1.807) is 19.1 Å². The number of carbonyl (C=O) groups is 2. The summed E-state index contributed by atoms with van der Waals surface area (Å²) in [4.78, 5) is 41.6. The molecule has 2 atom stereocenters. The van der Waals surface area contributed by atoms with Gasteiger partial charge >= 0.3 is 12.2 Å². The first-order chi connectivity index (χ1) is 16.7. The minimum Gasteiger partial charge on any atom is -0.439 e. The Bertz CT molecular complexity index is 1220. The summed E-state index contributed by atoms with van der Waals surface area (Å²) in [6, 6.07) is -0.192. The summed E-state index contributed by atoms with van der Waals surface area (Å²) >= 11 is 0. The van der Waals surface area contributed by atoms with Gasteiger partial charge in [-0.15, -0.1) is 0 Å². The molecule has 3 amide bonds. The first kappa shape index (κ1) is 22.7. The van der Waals surface area contributed by atoms with Gasteiger partial charge in [-0.2, -0.15) is 13.2 Å². The Morgan fingerprint density at radius 2 is 2.14 bits per heavy atom. The van der Waals surface area contributed by atoms with Crippen molar-refractivity contribution >= 4 is 17.9 Å². The molecule has 1 saturated heterocycles. The molecule has 3 N–H and O–H groups in total. The summed E-state index contributed by atoms with van der Waals surface area (Å²) < 4.78 is 43.0. The number of aromatic nitrogens is 3. The summed E-state index contributed by atoms with van der Waals surface area (Å²) in [5.41, 5.74) is 1.11. The van der Waals surface area contributed by atoms with Gasteiger partial charge in [0, 0.05) is 26.2 Å². The van der Waals surface area contributed by atoms with Crippen molar-refractivity contribution < 1.29 is 27.2 Å². The Labute approximate surface area is 197 Å². The number of oxazole rings is 1. The van der Waals surface area contributed by atoms with Crippen LogP contribution in [-0.4, -0.2) is 74.6 Å². The monoisotopic (exact) mass is 490 g/mol. The highest BCUT2D eigenvalue weighted by molar-refractivity contribution is 5.90. The minimum atomic E-state index is -4.53. The molecule has 184 valence electrons. The van der Waals surface area contributed by atoms with Crippen LogP contribution in [0.25, 0.3) is 11.5 Å². The van der Waals surface area contributed by atoms with E-state index in [-0.39, 0.29) is 12.0 Å². The molecule has 2 aromatic rings. The largest absolute Gasteiger partial charge is 0.439 e. The molecule has 11 nitrogen and oxygen atoms in total. The third-order valence-corrected chi connectivity index (χ3v) is 5.80. The number of alkyl halides is 3. The molecule has 14 heteroatoms. The van der Waals surface area contributed by atoms with Crippen molar-refractivity contribution in [2.45, 2.75) is 31.6 Å². The predicted octanol–water partition coefficient (Wildman–Crippen LogP) is 1.74. The molecule has 2 unspecified atom stereocenters. The van der Waals surface area contributed by atoms with Gasteiger partial charge in [0.2, 0.25) is 11.9 Å². The molecule has 1 fully saturated rings. The Kier molecular flexibility index (Phi) is 5.57. The molecule has 0 aromatic carbocycles. The lowest BCUT2D eigenvalue weighted by atomic mass is 10.1. The number of urea groups is 1. The van der Waals surface area contributed by atoms with Gasteiger partial charge in [-0.25, -0.2) is 19.7 Å². The molecule has 0 saturated carbocycles. The fraction of sp³-hybridized carbons (Fsp3) is 0.381. The van der Waals surface area contributed by atoms with E-state index in [0.29, 0.717) is 48.4 Å². The Morgan fingerprint density at radius 3 is 2.89 bits per heavy atom. The van der Waals surface area contributed by atoms with E-state index >= 15 is 0 Å². The maximum atomic E-state index is 13.3. The van der Waals surface area contributed by atoms with Gasteiger partial charge in [-0.3, -0.25) is 15.0 Å². The summed E-state index contributed by atoms with van der Waals surface area (Å²) in [5, 5.41) is 7.46. The molecular weight excluding hydrogens is 469 g/mol. The maximum absolute atomic E-state index is 13.3. The van der Waals surface area contributed by atoms with E-state index in [4.69, 9.17) is 4.42 Å². The second-order valence-electron chi connectivity index (χ2n) is 8.25. The van der Waals surface area contributed by atoms with Gasteiger partial charge in [-0.05, 0) is 18.6 Å². The maximum Gasteiger partial charge on any atom is 0.405 e. The van der Waals surface area contributed by atoms with Crippen LogP contribution in [0.5, 0.6) is 0 Å². The zero-order valence-corrected chi connectivity index (χ0v) is 18.5. The third kappa shape index (κ3) is 4.63. The summed E-state index contributed by atoms with van der Waals surface area (Å²) in [6.07, 6.45) is 2.26. The number of dihydropyridines is 1. The van der Waals surface area contributed by atoms with E-state index < -0.39 is 30.7 Å². The van der Waals surface area contributed by atoms with Gasteiger partial charge in [0.15, 0.2) is 11.7 Å². The molecule has 35 heavy (non-hydrogen) atoms. The highest BCUT2D eigenvalue weighted by Crippen LogP contribution is 2.33. The molecule has 5 heterocycles. The van der Waals surface area contributed by atoms with Crippen molar-refractivity contribution in [2.75, 3.05) is 25.0 Å². The average molecular weight is 490 g/mol. The summed E-state index contributed by atoms with van der Waals surface area (Å²) in [6.45, 7) is 1.53. The minimum absolute atomic E-state index is 0.0370. The average Bonchev–Trinajstić information content (AvgIpc) is 3.44. The second kappa shape index (κ2) is 8.60. The van der Waals surface area contributed by atoms with Crippen molar-refractivity contribution in [3.05, 3.63) is 48.0 Å². The number of fused-ring (bicyclic) bond motifs is 3. The molecule has 5 rings (SSSR count). The molecule has 3 aliphatic heterocycles. The van der Waals surface area contributed by atoms with Gasteiger partial charge in [0.05, 0.1) is 17.9 Å². The van der Waals surface area contributed by atoms with Gasteiger partial charge in [0.25, 0.3) is 0 Å². The highest BCUT2D eigenvalue weighted by Gasteiger charge is 2.43. The van der Waals surface area contributed by atoms with E-state index in [1.807, 2.05) is 5.32 Å². The Morgan fingerprint density at radius 1 is 1.31 bits per heavy atom. The molecule has 2 aromatic heterocycles. The van der Waals surface area contributed by atoms with Crippen LogP contribution in [0.2, 0.25) is 0 Å². The number of aryl methyl sites for hydroxylation is 1. The quantitative estimate of drug-likeness (QED) is 0.591. The summed E-state index contributed by atoms with van der Waals surface area (Å²) in [7, 11) is 0. The number of rotatable bonds is 4. The van der Waals surface area contributed by atoms with E-state index in [2.05, 4.69) is 30.5 Å². The summed E-state index contributed by atoms with van der Waals surface area (Å²) in [5.74, 6) is 0.411. The SMILES string of the molecule is Cc1ncc(-c2ccnc(NC(=O)N3C4=C(C=CC(C(=O)NCC(F)(F)F)N4)N4CCC3C4)n2)o1. The molecule has 0 aliphatic carbocycles. The van der Waals surface area contributed by atoms with Crippen LogP contribution in [0.4, 0.5) is 23.9 Å². The number of anilines is 1. The topological polar surface area (TPSA) is 129 Å². The number of hydrogen-bond acceptors (Lipinski definition) is 8. The second-order valence-corrected chi connectivity index (χ2v) is 8.25. The fourth-order valence-corrected chi connectivity index (χ4v) is 4.25. The highest BCUT2D eigenvalue weighted by atomic mass is 19.4.